The van der Waals surface area contributed by atoms with E-state index in [0.29, 0.717) is 11.3 Å². The molecule has 0 saturated heterocycles. The Morgan fingerprint density at radius 1 is 1.09 bits per heavy atom. The molecule has 23 heavy (non-hydrogen) atoms. The second-order valence-corrected chi connectivity index (χ2v) is 5.83. The van der Waals surface area contributed by atoms with Crippen molar-refractivity contribution in [2.45, 2.75) is 51.0 Å². The Kier molecular flexibility index (Phi) is 6.14. The van der Waals surface area contributed by atoms with Gasteiger partial charge in [-0.25, -0.2) is 0 Å². The van der Waals surface area contributed by atoms with Crippen LogP contribution in [0.3, 0.4) is 0 Å². The van der Waals surface area contributed by atoms with E-state index in [-0.39, 0.29) is 30.7 Å². The maximum Gasteiger partial charge on any atom is 0.303 e. The lowest BCUT2D eigenvalue weighted by molar-refractivity contribution is -0.138. The molecule has 1 fully saturated rings. The first kappa shape index (κ1) is 17.0. The van der Waals surface area contributed by atoms with Gasteiger partial charge in [-0.05, 0) is 31.0 Å². The molecule has 1 saturated carbocycles. The molecule has 0 aliphatic heterocycles. The number of carboxylic acid groups (broad SMARTS) is 1. The molecule has 124 valence electrons. The number of hydrogen-bond donors (Lipinski definition) is 3. The highest BCUT2D eigenvalue weighted by molar-refractivity contribution is 5.97. The van der Waals surface area contributed by atoms with E-state index >= 15 is 0 Å². The monoisotopic (exact) mass is 318 g/mol. The fourth-order valence-corrected chi connectivity index (χ4v) is 2.70. The number of aliphatic carboxylic acids is 1. The zero-order valence-corrected chi connectivity index (χ0v) is 13.0. The van der Waals surface area contributed by atoms with Gasteiger partial charge in [-0.15, -0.1) is 0 Å². The normalized spacial score (nSPS) is 15.0. The first-order valence-corrected chi connectivity index (χ1v) is 7.97. The highest BCUT2D eigenvalue weighted by Crippen LogP contribution is 2.18. The summed E-state index contributed by atoms with van der Waals surface area (Å²) in [7, 11) is 0. The predicted octanol–water partition coefficient (Wildman–Crippen LogP) is 2.55. The lowest BCUT2D eigenvalue weighted by Gasteiger charge is -2.22. The highest BCUT2D eigenvalue weighted by atomic mass is 16.4. The Morgan fingerprint density at radius 3 is 2.52 bits per heavy atom. The zero-order chi connectivity index (χ0) is 16.7. The molecule has 0 heterocycles. The molecule has 1 aromatic carbocycles. The van der Waals surface area contributed by atoms with E-state index in [1.54, 1.807) is 24.3 Å². The van der Waals surface area contributed by atoms with Crippen molar-refractivity contribution in [2.24, 2.45) is 0 Å². The summed E-state index contributed by atoms with van der Waals surface area (Å²) >= 11 is 0. The van der Waals surface area contributed by atoms with Crippen molar-refractivity contribution >= 4 is 23.5 Å². The molecule has 1 aliphatic carbocycles. The van der Waals surface area contributed by atoms with Crippen LogP contribution in [-0.4, -0.2) is 28.9 Å². The molecular weight excluding hydrogens is 296 g/mol. The molecule has 0 spiro atoms. The van der Waals surface area contributed by atoms with E-state index < -0.39 is 5.97 Å². The average molecular weight is 318 g/mol. The minimum atomic E-state index is -1.01. The van der Waals surface area contributed by atoms with Gasteiger partial charge in [0.1, 0.15) is 0 Å². The lowest BCUT2D eigenvalue weighted by Crippen LogP contribution is -2.36. The van der Waals surface area contributed by atoms with Gasteiger partial charge in [0.05, 0.1) is 6.42 Å². The van der Waals surface area contributed by atoms with Crippen molar-refractivity contribution < 1.29 is 19.5 Å². The number of nitrogens with one attached hydrogen (secondary N) is 2. The Morgan fingerprint density at radius 2 is 1.83 bits per heavy atom. The summed E-state index contributed by atoms with van der Waals surface area (Å²) in [4.78, 5) is 34.4. The van der Waals surface area contributed by atoms with Crippen LogP contribution in [0.15, 0.2) is 24.3 Å². The van der Waals surface area contributed by atoms with Crippen LogP contribution < -0.4 is 10.6 Å². The van der Waals surface area contributed by atoms with Gasteiger partial charge in [-0.3, -0.25) is 14.4 Å². The number of benzene rings is 1. The Bertz CT molecular complexity index is 580. The fourth-order valence-electron chi connectivity index (χ4n) is 2.70. The van der Waals surface area contributed by atoms with Crippen molar-refractivity contribution in [3.8, 4) is 0 Å². The number of hydrogen-bond acceptors (Lipinski definition) is 3. The summed E-state index contributed by atoms with van der Waals surface area (Å²) < 4.78 is 0. The van der Waals surface area contributed by atoms with Crippen LogP contribution >= 0.6 is 0 Å². The number of carbonyl (C=O) groups is 3. The standard InChI is InChI=1S/C17H22N2O4/c20-15(9-10-16(21)22)18-14-8-4-5-12(11-14)17(23)19-13-6-2-1-3-7-13/h4-5,8,11,13H,1-3,6-7,9-10H2,(H,18,20)(H,19,23)(H,21,22). The van der Waals surface area contributed by atoms with Gasteiger partial charge in [0.15, 0.2) is 0 Å². The van der Waals surface area contributed by atoms with E-state index in [9.17, 15) is 14.4 Å². The molecule has 0 unspecified atom stereocenters. The van der Waals surface area contributed by atoms with Crippen LogP contribution in [0.1, 0.15) is 55.3 Å². The quantitative estimate of drug-likeness (QED) is 0.751. The minimum absolute atomic E-state index is 0.0895. The Hall–Kier alpha value is -2.37. The molecule has 0 atom stereocenters. The molecule has 6 heteroatoms. The first-order valence-electron chi connectivity index (χ1n) is 7.97. The molecule has 0 aromatic heterocycles. The third-order valence-electron chi connectivity index (χ3n) is 3.91. The molecule has 0 radical (unpaired) electrons. The van der Waals surface area contributed by atoms with Gasteiger partial charge in [-0.1, -0.05) is 25.3 Å². The summed E-state index contributed by atoms with van der Waals surface area (Å²) in [5.74, 6) is -1.53. The predicted molar refractivity (Wildman–Crippen MR) is 86.3 cm³/mol. The molecule has 0 bridgehead atoms. The number of rotatable bonds is 6. The summed E-state index contributed by atoms with van der Waals surface area (Å²) in [5.41, 5.74) is 0.989. The second-order valence-electron chi connectivity index (χ2n) is 5.83. The molecule has 2 amide bonds. The topological polar surface area (TPSA) is 95.5 Å². The van der Waals surface area contributed by atoms with Crippen molar-refractivity contribution in [2.75, 3.05) is 5.32 Å². The van der Waals surface area contributed by atoms with Crippen molar-refractivity contribution in [3.05, 3.63) is 29.8 Å². The van der Waals surface area contributed by atoms with Gasteiger partial charge >= 0.3 is 5.97 Å². The molecule has 3 N–H and O–H groups in total. The van der Waals surface area contributed by atoms with Crippen LogP contribution in [0, 0.1) is 0 Å². The third kappa shape index (κ3) is 5.73. The average Bonchev–Trinajstić information content (AvgIpc) is 2.54. The Balaban J connectivity index is 1.91. The smallest absolute Gasteiger partial charge is 0.303 e. The summed E-state index contributed by atoms with van der Waals surface area (Å²) in [5, 5.41) is 14.2. The van der Waals surface area contributed by atoms with E-state index in [4.69, 9.17) is 5.11 Å². The summed E-state index contributed by atoms with van der Waals surface area (Å²) in [6, 6.07) is 6.91. The largest absolute Gasteiger partial charge is 0.481 e. The van der Waals surface area contributed by atoms with Crippen molar-refractivity contribution in [1.82, 2.24) is 5.32 Å². The van der Waals surface area contributed by atoms with Crippen LogP contribution in [0.25, 0.3) is 0 Å². The first-order chi connectivity index (χ1) is 11.0. The van der Waals surface area contributed by atoms with E-state index in [2.05, 4.69) is 10.6 Å². The number of amides is 2. The molecule has 1 aliphatic rings. The van der Waals surface area contributed by atoms with Gasteiger partial charge < -0.3 is 15.7 Å². The van der Waals surface area contributed by atoms with Crippen LogP contribution in [-0.2, 0) is 9.59 Å². The van der Waals surface area contributed by atoms with Crippen LogP contribution in [0.5, 0.6) is 0 Å². The number of anilines is 1. The molecular formula is C17H22N2O4. The third-order valence-corrected chi connectivity index (χ3v) is 3.91. The van der Waals surface area contributed by atoms with Gasteiger partial charge in [0, 0.05) is 23.7 Å². The summed E-state index contributed by atoms with van der Waals surface area (Å²) in [6.07, 6.45) is 5.23. The zero-order valence-electron chi connectivity index (χ0n) is 13.0. The van der Waals surface area contributed by atoms with E-state index in [1.165, 1.54) is 6.42 Å². The van der Waals surface area contributed by atoms with Gasteiger partial charge in [-0.2, -0.15) is 0 Å². The molecule has 1 aromatic rings. The summed E-state index contributed by atoms with van der Waals surface area (Å²) in [6.45, 7) is 0. The Labute approximate surface area is 135 Å². The van der Waals surface area contributed by atoms with Gasteiger partial charge in [0.25, 0.3) is 5.91 Å². The second kappa shape index (κ2) is 8.31. The number of carboxylic acids is 1. The number of carbonyl (C=O) groups excluding carboxylic acids is 2. The minimum Gasteiger partial charge on any atom is -0.481 e. The molecule has 6 nitrogen and oxygen atoms in total. The van der Waals surface area contributed by atoms with E-state index in [1.807, 2.05) is 0 Å². The fraction of sp³-hybridized carbons (Fsp3) is 0.471. The molecule has 2 rings (SSSR count). The van der Waals surface area contributed by atoms with E-state index in [0.717, 1.165) is 25.7 Å². The van der Waals surface area contributed by atoms with Crippen LogP contribution in [0.2, 0.25) is 0 Å². The van der Waals surface area contributed by atoms with Gasteiger partial charge in [0.2, 0.25) is 5.91 Å². The SMILES string of the molecule is O=C(O)CCC(=O)Nc1cccc(C(=O)NC2CCCCC2)c1. The van der Waals surface area contributed by atoms with Crippen LogP contribution in [0.4, 0.5) is 5.69 Å². The maximum atomic E-state index is 12.3. The van der Waals surface area contributed by atoms with Crippen molar-refractivity contribution in [3.63, 3.8) is 0 Å². The highest BCUT2D eigenvalue weighted by Gasteiger charge is 2.17. The lowest BCUT2D eigenvalue weighted by atomic mass is 9.95. The van der Waals surface area contributed by atoms with Crippen molar-refractivity contribution in [1.29, 1.82) is 0 Å². The maximum absolute atomic E-state index is 12.3.